The minimum atomic E-state index is -0.660. The monoisotopic (exact) mass is 402 g/mol. The molecule has 2 amide bonds. The van der Waals surface area contributed by atoms with Gasteiger partial charge in [0, 0.05) is 24.2 Å². The molecule has 2 heterocycles. The topological polar surface area (TPSA) is 131 Å². The highest BCUT2D eigenvalue weighted by molar-refractivity contribution is 6.05. The van der Waals surface area contributed by atoms with Crippen molar-refractivity contribution in [3.8, 4) is 17.2 Å². The van der Waals surface area contributed by atoms with Crippen LogP contribution in [0.3, 0.4) is 0 Å². The third kappa shape index (κ3) is 3.24. The Morgan fingerprint density at radius 1 is 1.30 bits per heavy atom. The lowest BCUT2D eigenvalue weighted by molar-refractivity contribution is -0.118. The van der Waals surface area contributed by atoms with Crippen molar-refractivity contribution >= 4 is 28.4 Å². The number of rotatable bonds is 5. The van der Waals surface area contributed by atoms with Crippen LogP contribution in [0.15, 0.2) is 36.5 Å². The van der Waals surface area contributed by atoms with Gasteiger partial charge in [0.2, 0.25) is 5.91 Å². The number of nitrogens with two attached hydrogens (primary N) is 2. The van der Waals surface area contributed by atoms with Crippen LogP contribution in [0.2, 0.25) is 0 Å². The molecule has 0 spiro atoms. The molecule has 0 atom stereocenters. The van der Waals surface area contributed by atoms with E-state index < -0.39 is 11.3 Å². The second-order valence-corrected chi connectivity index (χ2v) is 8.25. The first-order valence-electron chi connectivity index (χ1n) is 9.56. The SMILES string of the molecule is CC(C)(C#N)CN1Cc2c(-c3ccc4cnn(CC(N)=O)c4c3)ccc(N)c2C1=O. The molecule has 0 saturated heterocycles. The summed E-state index contributed by atoms with van der Waals surface area (Å²) in [7, 11) is 0. The number of hydrogen-bond acceptors (Lipinski definition) is 5. The number of carbonyl (C=O) groups is 2. The quantitative estimate of drug-likeness (QED) is 0.632. The highest BCUT2D eigenvalue weighted by Crippen LogP contribution is 2.38. The van der Waals surface area contributed by atoms with Crippen molar-refractivity contribution in [3.05, 3.63) is 47.7 Å². The number of nitrogen functional groups attached to an aromatic ring is 1. The van der Waals surface area contributed by atoms with Gasteiger partial charge in [-0.1, -0.05) is 18.2 Å². The molecular formula is C22H22N6O2. The summed E-state index contributed by atoms with van der Waals surface area (Å²) in [4.78, 5) is 26.0. The fraction of sp³-hybridized carbons (Fsp3) is 0.273. The third-order valence-corrected chi connectivity index (χ3v) is 5.35. The standard InChI is InChI=1S/C22H22N6O2/c1-22(2,11-23)12-27-9-16-15(5-6-17(24)20(16)21(27)30)13-3-4-14-8-26-28(10-19(25)29)18(14)7-13/h3-8H,9-10,12,24H2,1-2H3,(H2,25,29). The summed E-state index contributed by atoms with van der Waals surface area (Å²) in [5, 5.41) is 14.5. The molecule has 3 aromatic rings. The first kappa shape index (κ1) is 19.5. The van der Waals surface area contributed by atoms with Gasteiger partial charge in [0.15, 0.2) is 0 Å². The molecule has 0 aliphatic carbocycles. The van der Waals surface area contributed by atoms with Crippen LogP contribution in [0.25, 0.3) is 22.0 Å². The second kappa shape index (κ2) is 6.88. The molecule has 0 saturated carbocycles. The third-order valence-electron chi connectivity index (χ3n) is 5.35. The van der Waals surface area contributed by atoms with E-state index in [1.54, 1.807) is 35.7 Å². The predicted octanol–water partition coefficient (Wildman–Crippen LogP) is 2.28. The van der Waals surface area contributed by atoms with Gasteiger partial charge >= 0.3 is 0 Å². The highest BCUT2D eigenvalue weighted by Gasteiger charge is 2.35. The van der Waals surface area contributed by atoms with Gasteiger partial charge in [-0.3, -0.25) is 14.3 Å². The van der Waals surface area contributed by atoms with Crippen LogP contribution in [0.5, 0.6) is 0 Å². The summed E-state index contributed by atoms with van der Waals surface area (Å²) >= 11 is 0. The molecule has 0 radical (unpaired) electrons. The van der Waals surface area contributed by atoms with E-state index in [1.807, 2.05) is 24.3 Å². The Kier molecular flexibility index (Phi) is 4.46. The number of nitrogens with zero attached hydrogens (tertiary/aromatic N) is 4. The van der Waals surface area contributed by atoms with Crippen LogP contribution in [0, 0.1) is 16.7 Å². The van der Waals surface area contributed by atoms with E-state index in [0.29, 0.717) is 24.3 Å². The molecule has 152 valence electrons. The van der Waals surface area contributed by atoms with Gasteiger partial charge in [0.25, 0.3) is 5.91 Å². The Morgan fingerprint density at radius 3 is 2.77 bits per heavy atom. The van der Waals surface area contributed by atoms with Gasteiger partial charge in [-0.25, -0.2) is 0 Å². The molecule has 30 heavy (non-hydrogen) atoms. The Balaban J connectivity index is 1.79. The summed E-state index contributed by atoms with van der Waals surface area (Å²) in [6.45, 7) is 4.31. The molecule has 1 aliphatic heterocycles. The van der Waals surface area contributed by atoms with Crippen molar-refractivity contribution in [2.75, 3.05) is 12.3 Å². The van der Waals surface area contributed by atoms with Crippen LogP contribution < -0.4 is 11.5 Å². The van der Waals surface area contributed by atoms with Gasteiger partial charge < -0.3 is 16.4 Å². The molecule has 0 unspecified atom stereocenters. The van der Waals surface area contributed by atoms with Gasteiger partial charge in [0.1, 0.15) is 6.54 Å². The minimum Gasteiger partial charge on any atom is -0.398 e. The molecule has 2 aromatic carbocycles. The van der Waals surface area contributed by atoms with Crippen molar-refractivity contribution in [1.29, 1.82) is 5.26 Å². The van der Waals surface area contributed by atoms with Gasteiger partial charge in [-0.2, -0.15) is 10.4 Å². The molecule has 4 N–H and O–H groups in total. The Hall–Kier alpha value is -3.86. The van der Waals surface area contributed by atoms with Crippen LogP contribution in [-0.2, 0) is 17.9 Å². The smallest absolute Gasteiger partial charge is 0.256 e. The molecule has 8 nitrogen and oxygen atoms in total. The maximum absolute atomic E-state index is 13.0. The van der Waals surface area contributed by atoms with E-state index in [1.165, 1.54) is 0 Å². The van der Waals surface area contributed by atoms with E-state index in [-0.39, 0.29) is 12.5 Å². The van der Waals surface area contributed by atoms with E-state index >= 15 is 0 Å². The first-order chi connectivity index (χ1) is 14.2. The Bertz CT molecular complexity index is 1230. The van der Waals surface area contributed by atoms with E-state index in [4.69, 9.17) is 11.5 Å². The number of carbonyl (C=O) groups excluding carboxylic acids is 2. The summed E-state index contributed by atoms with van der Waals surface area (Å²) in [6, 6.07) is 11.7. The van der Waals surface area contributed by atoms with E-state index in [2.05, 4.69) is 11.2 Å². The van der Waals surface area contributed by atoms with Crippen LogP contribution in [-0.4, -0.2) is 33.0 Å². The number of aromatic nitrogens is 2. The van der Waals surface area contributed by atoms with Crippen molar-refractivity contribution in [2.24, 2.45) is 11.1 Å². The van der Waals surface area contributed by atoms with Crippen LogP contribution in [0.1, 0.15) is 29.8 Å². The molecule has 1 aliphatic rings. The zero-order valence-electron chi connectivity index (χ0n) is 16.8. The largest absolute Gasteiger partial charge is 0.398 e. The fourth-order valence-electron chi connectivity index (χ4n) is 3.93. The minimum absolute atomic E-state index is 0.0116. The average Bonchev–Trinajstić information content (AvgIpc) is 3.23. The van der Waals surface area contributed by atoms with Gasteiger partial charge in [-0.15, -0.1) is 0 Å². The lowest BCUT2D eigenvalue weighted by atomic mass is 9.95. The molecule has 1 aromatic heterocycles. The van der Waals surface area contributed by atoms with Gasteiger partial charge in [0.05, 0.1) is 28.8 Å². The predicted molar refractivity (Wildman–Crippen MR) is 113 cm³/mol. The number of anilines is 1. The van der Waals surface area contributed by atoms with E-state index in [9.17, 15) is 14.9 Å². The zero-order valence-corrected chi connectivity index (χ0v) is 16.8. The number of nitriles is 1. The molecule has 4 rings (SSSR count). The number of fused-ring (bicyclic) bond motifs is 2. The van der Waals surface area contributed by atoms with Crippen molar-refractivity contribution in [3.63, 3.8) is 0 Å². The maximum atomic E-state index is 13.0. The van der Waals surface area contributed by atoms with Crippen molar-refractivity contribution in [2.45, 2.75) is 26.9 Å². The summed E-state index contributed by atoms with van der Waals surface area (Å²) < 4.78 is 1.56. The average molecular weight is 402 g/mol. The van der Waals surface area contributed by atoms with Crippen molar-refractivity contribution in [1.82, 2.24) is 14.7 Å². The summed E-state index contributed by atoms with van der Waals surface area (Å²) in [5.74, 6) is -0.632. The first-order valence-corrected chi connectivity index (χ1v) is 9.56. The molecule has 8 heteroatoms. The van der Waals surface area contributed by atoms with Crippen LogP contribution >= 0.6 is 0 Å². The van der Waals surface area contributed by atoms with E-state index in [0.717, 1.165) is 27.6 Å². The van der Waals surface area contributed by atoms with Crippen molar-refractivity contribution < 1.29 is 9.59 Å². The number of hydrogen-bond donors (Lipinski definition) is 2. The summed E-state index contributed by atoms with van der Waals surface area (Å²) in [5.41, 5.74) is 15.1. The Labute approximate surface area is 173 Å². The maximum Gasteiger partial charge on any atom is 0.256 e. The zero-order chi connectivity index (χ0) is 21.6. The fourth-order valence-corrected chi connectivity index (χ4v) is 3.93. The second-order valence-electron chi connectivity index (χ2n) is 8.25. The number of primary amides is 1. The highest BCUT2D eigenvalue weighted by atomic mass is 16.2. The molecular weight excluding hydrogens is 380 g/mol. The Morgan fingerprint density at radius 2 is 2.07 bits per heavy atom. The normalized spacial score (nSPS) is 13.5. The number of amides is 2. The van der Waals surface area contributed by atoms with Crippen LogP contribution in [0.4, 0.5) is 5.69 Å². The molecule has 0 bridgehead atoms. The van der Waals surface area contributed by atoms with Gasteiger partial charge in [-0.05, 0) is 42.7 Å². The number of benzene rings is 2. The lowest BCUT2D eigenvalue weighted by Crippen LogP contribution is -2.33. The lowest BCUT2D eigenvalue weighted by Gasteiger charge is -2.23. The summed E-state index contributed by atoms with van der Waals surface area (Å²) in [6.07, 6.45) is 1.69. The molecule has 0 fully saturated rings.